The van der Waals surface area contributed by atoms with Crippen molar-refractivity contribution in [2.24, 2.45) is 0 Å². The predicted octanol–water partition coefficient (Wildman–Crippen LogP) is -3.22. The Labute approximate surface area is 81.8 Å². The van der Waals surface area contributed by atoms with Gasteiger partial charge in [0.2, 0.25) is 0 Å². The summed E-state index contributed by atoms with van der Waals surface area (Å²) >= 11 is 0. The summed E-state index contributed by atoms with van der Waals surface area (Å²) in [6.07, 6.45) is -3.34. The molecule has 0 saturated carbocycles. The molecule has 0 radical (unpaired) electrons. The van der Waals surface area contributed by atoms with Crippen molar-refractivity contribution < 1.29 is 25.5 Å². The average Bonchev–Trinajstić information content (AvgIpc) is 2.19. The first-order chi connectivity index (χ1) is 6.61. The van der Waals surface area contributed by atoms with Crippen LogP contribution in [0.3, 0.4) is 0 Å². The molecule has 5 atom stereocenters. The number of piperidine rings is 1. The van der Waals surface area contributed by atoms with Gasteiger partial charge in [0.05, 0.1) is 24.9 Å². The zero-order valence-corrected chi connectivity index (χ0v) is 7.74. The predicted molar refractivity (Wildman–Crippen MR) is 47.5 cm³/mol. The summed E-state index contributed by atoms with van der Waals surface area (Å²) in [6.45, 7) is -0.456. The van der Waals surface area contributed by atoms with Crippen LogP contribution in [0, 0.1) is 0 Å². The molecule has 14 heavy (non-hydrogen) atoms. The van der Waals surface area contributed by atoms with Crippen molar-refractivity contribution >= 4 is 0 Å². The van der Waals surface area contributed by atoms with Crippen molar-refractivity contribution in [1.29, 1.82) is 0 Å². The van der Waals surface area contributed by atoms with Gasteiger partial charge in [0.25, 0.3) is 0 Å². The first-order valence-corrected chi connectivity index (χ1v) is 4.63. The van der Waals surface area contributed by atoms with Gasteiger partial charge in [-0.05, 0) is 6.42 Å². The van der Waals surface area contributed by atoms with E-state index in [1.807, 2.05) is 0 Å². The van der Waals surface area contributed by atoms with Crippen LogP contribution in [-0.4, -0.2) is 69.1 Å². The van der Waals surface area contributed by atoms with E-state index in [-0.39, 0.29) is 19.6 Å². The monoisotopic (exact) mass is 207 g/mol. The van der Waals surface area contributed by atoms with Gasteiger partial charge in [-0.25, -0.2) is 0 Å². The summed E-state index contributed by atoms with van der Waals surface area (Å²) in [7, 11) is 0. The van der Waals surface area contributed by atoms with E-state index < -0.39 is 30.4 Å². The molecule has 0 aromatic carbocycles. The SMILES string of the molecule is OCCC1NC(CO)C(O)C(O)C1O. The minimum absolute atomic E-state index is 0.129. The van der Waals surface area contributed by atoms with Gasteiger partial charge >= 0.3 is 0 Å². The number of hydrogen-bond donors (Lipinski definition) is 6. The van der Waals surface area contributed by atoms with Gasteiger partial charge in [-0.3, -0.25) is 0 Å². The van der Waals surface area contributed by atoms with Gasteiger partial charge in [-0.2, -0.15) is 0 Å². The first-order valence-electron chi connectivity index (χ1n) is 4.63. The number of hydrogen-bond acceptors (Lipinski definition) is 6. The molecule has 6 heteroatoms. The molecule has 0 aromatic heterocycles. The lowest BCUT2D eigenvalue weighted by Crippen LogP contribution is -2.65. The van der Waals surface area contributed by atoms with Crippen LogP contribution < -0.4 is 5.32 Å². The lowest BCUT2D eigenvalue weighted by Gasteiger charge is -2.40. The molecule has 0 amide bonds. The van der Waals surface area contributed by atoms with Crippen molar-refractivity contribution in [2.75, 3.05) is 13.2 Å². The molecule has 6 N–H and O–H groups in total. The minimum Gasteiger partial charge on any atom is -0.396 e. The molecule has 0 spiro atoms. The second-order valence-electron chi connectivity index (χ2n) is 3.55. The summed E-state index contributed by atoms with van der Waals surface area (Å²) < 4.78 is 0. The summed E-state index contributed by atoms with van der Waals surface area (Å²) in [5.74, 6) is 0. The van der Waals surface area contributed by atoms with E-state index in [0.29, 0.717) is 0 Å². The van der Waals surface area contributed by atoms with Gasteiger partial charge in [-0.1, -0.05) is 0 Å². The second-order valence-corrected chi connectivity index (χ2v) is 3.55. The van der Waals surface area contributed by atoms with Crippen LogP contribution >= 0.6 is 0 Å². The zero-order chi connectivity index (χ0) is 10.7. The molecule has 1 aliphatic rings. The van der Waals surface area contributed by atoms with E-state index in [9.17, 15) is 15.3 Å². The van der Waals surface area contributed by atoms with E-state index in [1.165, 1.54) is 0 Å². The van der Waals surface area contributed by atoms with E-state index in [0.717, 1.165) is 0 Å². The molecule has 1 aliphatic heterocycles. The normalized spacial score (nSPS) is 43.9. The molecule has 1 saturated heterocycles. The molecular formula is C8H17NO5. The van der Waals surface area contributed by atoms with Crippen molar-refractivity contribution in [2.45, 2.75) is 36.8 Å². The number of aliphatic hydroxyl groups is 5. The van der Waals surface area contributed by atoms with Crippen LogP contribution in [0.4, 0.5) is 0 Å². The fourth-order valence-electron chi connectivity index (χ4n) is 1.70. The molecule has 84 valence electrons. The zero-order valence-electron chi connectivity index (χ0n) is 7.74. The third-order valence-electron chi connectivity index (χ3n) is 2.59. The third-order valence-corrected chi connectivity index (χ3v) is 2.59. The molecule has 0 aromatic rings. The van der Waals surface area contributed by atoms with Gasteiger partial charge in [0, 0.05) is 12.6 Å². The minimum atomic E-state index is -1.29. The Morgan fingerprint density at radius 3 is 1.93 bits per heavy atom. The lowest BCUT2D eigenvalue weighted by atomic mass is 9.89. The molecule has 0 bridgehead atoms. The highest BCUT2D eigenvalue weighted by atomic mass is 16.4. The standard InChI is InChI=1S/C8H17NO5/c10-2-1-4-6(12)8(14)7(13)5(3-11)9-4/h4-14H,1-3H2. The average molecular weight is 207 g/mol. The summed E-state index contributed by atoms with van der Waals surface area (Å²) in [5.41, 5.74) is 0. The topological polar surface area (TPSA) is 113 Å². The fourth-order valence-corrected chi connectivity index (χ4v) is 1.70. The largest absolute Gasteiger partial charge is 0.396 e. The number of nitrogens with one attached hydrogen (secondary N) is 1. The number of rotatable bonds is 3. The highest BCUT2D eigenvalue weighted by Gasteiger charge is 2.41. The molecule has 6 nitrogen and oxygen atoms in total. The van der Waals surface area contributed by atoms with Gasteiger partial charge < -0.3 is 30.8 Å². The van der Waals surface area contributed by atoms with Crippen LogP contribution in [-0.2, 0) is 0 Å². The quantitative estimate of drug-likeness (QED) is 0.290. The van der Waals surface area contributed by atoms with Crippen LogP contribution in [0.1, 0.15) is 6.42 Å². The summed E-state index contributed by atoms with van der Waals surface area (Å²) in [4.78, 5) is 0. The smallest absolute Gasteiger partial charge is 0.109 e. The van der Waals surface area contributed by atoms with Gasteiger partial charge in [0.1, 0.15) is 6.10 Å². The molecule has 1 rings (SSSR count). The number of aliphatic hydroxyl groups excluding tert-OH is 5. The Kier molecular flexibility index (Phi) is 4.24. The fraction of sp³-hybridized carbons (Fsp3) is 1.00. The van der Waals surface area contributed by atoms with Crippen LogP contribution in [0.15, 0.2) is 0 Å². The molecular weight excluding hydrogens is 190 g/mol. The van der Waals surface area contributed by atoms with Crippen molar-refractivity contribution in [3.63, 3.8) is 0 Å². The van der Waals surface area contributed by atoms with Crippen molar-refractivity contribution in [1.82, 2.24) is 5.32 Å². The Bertz CT molecular complexity index is 175. The first kappa shape index (κ1) is 11.8. The van der Waals surface area contributed by atoms with E-state index in [2.05, 4.69) is 5.32 Å². The Morgan fingerprint density at radius 1 is 0.857 bits per heavy atom. The van der Waals surface area contributed by atoms with Crippen LogP contribution in [0.2, 0.25) is 0 Å². The molecule has 0 aliphatic carbocycles. The molecule has 1 fully saturated rings. The van der Waals surface area contributed by atoms with Crippen molar-refractivity contribution in [3.8, 4) is 0 Å². The van der Waals surface area contributed by atoms with Gasteiger partial charge in [0.15, 0.2) is 0 Å². The van der Waals surface area contributed by atoms with E-state index in [1.54, 1.807) is 0 Å². The Balaban J connectivity index is 2.63. The highest BCUT2D eigenvalue weighted by molar-refractivity contribution is 4.97. The molecule has 1 heterocycles. The van der Waals surface area contributed by atoms with E-state index >= 15 is 0 Å². The summed E-state index contributed by atoms with van der Waals surface area (Å²) in [6, 6.07) is -1.17. The third kappa shape index (κ3) is 2.22. The van der Waals surface area contributed by atoms with Crippen molar-refractivity contribution in [3.05, 3.63) is 0 Å². The van der Waals surface area contributed by atoms with Crippen LogP contribution in [0.5, 0.6) is 0 Å². The summed E-state index contributed by atoms with van der Waals surface area (Å²) in [5, 5.41) is 48.6. The van der Waals surface area contributed by atoms with Crippen LogP contribution in [0.25, 0.3) is 0 Å². The Morgan fingerprint density at radius 2 is 1.43 bits per heavy atom. The maximum Gasteiger partial charge on any atom is 0.109 e. The molecule has 5 unspecified atom stereocenters. The van der Waals surface area contributed by atoms with Gasteiger partial charge in [-0.15, -0.1) is 0 Å². The van der Waals surface area contributed by atoms with E-state index in [4.69, 9.17) is 10.2 Å². The second kappa shape index (κ2) is 5.01. The maximum absolute atomic E-state index is 9.49. The lowest BCUT2D eigenvalue weighted by molar-refractivity contribution is -0.121. The Hall–Kier alpha value is -0.240. The highest BCUT2D eigenvalue weighted by Crippen LogP contribution is 2.17. The maximum atomic E-state index is 9.49.